The van der Waals surface area contributed by atoms with Crippen LogP contribution in [0, 0.1) is 18.3 Å². The molecule has 3 rings (SSSR count). The summed E-state index contributed by atoms with van der Waals surface area (Å²) in [5.41, 5.74) is 0.629. The Balaban J connectivity index is 1.73. The van der Waals surface area contributed by atoms with Crippen LogP contribution in [0.1, 0.15) is 21.7 Å². The molecule has 8 nitrogen and oxygen atoms in total. The summed E-state index contributed by atoms with van der Waals surface area (Å²) in [6.45, 7) is 1.68. The van der Waals surface area contributed by atoms with Crippen molar-refractivity contribution in [1.29, 1.82) is 5.26 Å². The number of halogens is 1. The number of anilines is 1. The van der Waals surface area contributed by atoms with Gasteiger partial charge in [0.05, 0.1) is 17.7 Å². The molecule has 0 aliphatic rings. The molecule has 2 aromatic carbocycles. The number of methoxy groups -OCH3 is 1. The summed E-state index contributed by atoms with van der Waals surface area (Å²) in [6.07, 6.45) is 1.35. The van der Waals surface area contributed by atoms with E-state index in [1.54, 1.807) is 37.3 Å². The number of aryl methyl sites for hydroxylation is 1. The molecule has 0 bridgehead atoms. The zero-order valence-electron chi connectivity index (χ0n) is 16.5. The number of nitrogens with one attached hydrogen (secondary N) is 1. The lowest BCUT2D eigenvalue weighted by Gasteiger charge is -2.08. The summed E-state index contributed by atoms with van der Waals surface area (Å²) in [6, 6.07) is 14.3. The van der Waals surface area contributed by atoms with Gasteiger partial charge in [0.2, 0.25) is 0 Å². The Morgan fingerprint density at radius 1 is 1.19 bits per heavy atom. The van der Waals surface area contributed by atoms with Crippen LogP contribution >= 0.6 is 11.6 Å². The van der Waals surface area contributed by atoms with E-state index in [0.29, 0.717) is 22.6 Å². The minimum atomic E-state index is -0.651. The lowest BCUT2D eigenvalue weighted by molar-refractivity contribution is -0.112. The standard InChI is InChI=1S/C22H16ClN3O5/c1-13-9-20(26-31-13)25-21(27)16(12-24)10-14-3-8-19(18(23)11-14)30-22(28)15-4-6-17(29-2)7-5-15/h3-11H,1-2H3,(H,25,26,27). The van der Waals surface area contributed by atoms with Crippen LogP contribution < -0.4 is 14.8 Å². The van der Waals surface area contributed by atoms with Crippen LogP contribution in [0.3, 0.4) is 0 Å². The monoisotopic (exact) mass is 437 g/mol. The normalized spacial score (nSPS) is 10.8. The molecule has 0 atom stereocenters. The second-order valence-electron chi connectivity index (χ2n) is 6.25. The number of nitriles is 1. The fourth-order valence-corrected chi connectivity index (χ4v) is 2.73. The SMILES string of the molecule is COc1ccc(C(=O)Oc2ccc(C=C(C#N)C(=O)Nc3cc(C)on3)cc2Cl)cc1. The van der Waals surface area contributed by atoms with Crippen LogP contribution in [0.5, 0.6) is 11.5 Å². The summed E-state index contributed by atoms with van der Waals surface area (Å²) in [4.78, 5) is 24.6. The molecular formula is C22H16ClN3O5. The minimum Gasteiger partial charge on any atom is -0.497 e. The molecular weight excluding hydrogens is 422 g/mol. The molecule has 9 heteroatoms. The van der Waals surface area contributed by atoms with Crippen molar-refractivity contribution < 1.29 is 23.6 Å². The fourth-order valence-electron chi connectivity index (χ4n) is 2.50. The molecule has 3 aromatic rings. The number of hydrogen-bond acceptors (Lipinski definition) is 7. The van der Waals surface area contributed by atoms with Crippen molar-refractivity contribution in [2.75, 3.05) is 12.4 Å². The molecule has 0 aliphatic carbocycles. The van der Waals surface area contributed by atoms with Gasteiger partial charge in [0.1, 0.15) is 28.9 Å². The average Bonchev–Trinajstić information content (AvgIpc) is 3.18. The van der Waals surface area contributed by atoms with Crippen molar-refractivity contribution >= 4 is 35.4 Å². The predicted molar refractivity (Wildman–Crippen MR) is 113 cm³/mol. The number of amides is 1. The highest BCUT2D eigenvalue weighted by Gasteiger charge is 2.14. The van der Waals surface area contributed by atoms with E-state index in [1.165, 1.54) is 31.4 Å². The van der Waals surface area contributed by atoms with E-state index in [-0.39, 0.29) is 22.2 Å². The fraction of sp³-hybridized carbons (Fsp3) is 0.0909. The van der Waals surface area contributed by atoms with Gasteiger partial charge in [-0.2, -0.15) is 5.26 Å². The Hall–Kier alpha value is -4.09. The van der Waals surface area contributed by atoms with Gasteiger partial charge >= 0.3 is 5.97 Å². The van der Waals surface area contributed by atoms with Gasteiger partial charge in [0, 0.05) is 6.07 Å². The van der Waals surface area contributed by atoms with Crippen molar-refractivity contribution in [1.82, 2.24) is 5.16 Å². The van der Waals surface area contributed by atoms with Crippen LogP contribution in [0.15, 0.2) is 58.6 Å². The predicted octanol–water partition coefficient (Wildman–Crippen LogP) is 4.41. The van der Waals surface area contributed by atoms with Gasteiger partial charge in [-0.05, 0) is 55.0 Å². The van der Waals surface area contributed by atoms with Crippen LogP contribution in [-0.4, -0.2) is 24.1 Å². The summed E-state index contributed by atoms with van der Waals surface area (Å²) in [5, 5.41) is 15.6. The van der Waals surface area contributed by atoms with E-state index in [4.69, 9.17) is 25.6 Å². The van der Waals surface area contributed by atoms with Gasteiger partial charge in [-0.15, -0.1) is 0 Å². The van der Waals surface area contributed by atoms with Crippen molar-refractivity contribution in [3.63, 3.8) is 0 Å². The maximum atomic E-state index is 12.3. The molecule has 0 fully saturated rings. The smallest absolute Gasteiger partial charge is 0.343 e. The van der Waals surface area contributed by atoms with Crippen LogP contribution in [0.4, 0.5) is 5.82 Å². The van der Waals surface area contributed by atoms with E-state index in [2.05, 4.69) is 10.5 Å². The van der Waals surface area contributed by atoms with Crippen LogP contribution in [0.25, 0.3) is 6.08 Å². The van der Waals surface area contributed by atoms with Crippen molar-refractivity contribution in [3.05, 3.63) is 76.0 Å². The van der Waals surface area contributed by atoms with E-state index >= 15 is 0 Å². The van der Waals surface area contributed by atoms with E-state index in [9.17, 15) is 14.9 Å². The van der Waals surface area contributed by atoms with Gasteiger partial charge in [-0.3, -0.25) is 4.79 Å². The number of hydrogen-bond donors (Lipinski definition) is 1. The van der Waals surface area contributed by atoms with Crippen molar-refractivity contribution in [2.24, 2.45) is 0 Å². The average molecular weight is 438 g/mol. The number of ether oxygens (including phenoxy) is 2. The molecule has 0 unspecified atom stereocenters. The van der Waals surface area contributed by atoms with Crippen molar-refractivity contribution in [3.8, 4) is 17.6 Å². The van der Waals surface area contributed by atoms with E-state index in [0.717, 1.165) is 0 Å². The Bertz CT molecular complexity index is 1190. The maximum Gasteiger partial charge on any atom is 0.343 e. The second kappa shape index (κ2) is 9.61. The number of benzene rings is 2. The number of carbonyl (C=O) groups excluding carboxylic acids is 2. The third-order valence-electron chi connectivity index (χ3n) is 4.03. The first kappa shape index (κ1) is 21.6. The second-order valence-corrected chi connectivity index (χ2v) is 6.66. The van der Waals surface area contributed by atoms with E-state index < -0.39 is 11.9 Å². The number of carbonyl (C=O) groups is 2. The molecule has 1 N–H and O–H groups in total. The third kappa shape index (κ3) is 5.50. The summed E-state index contributed by atoms with van der Waals surface area (Å²) >= 11 is 6.22. The molecule has 156 valence electrons. The number of aromatic nitrogens is 1. The molecule has 0 saturated carbocycles. The number of esters is 1. The maximum absolute atomic E-state index is 12.3. The third-order valence-corrected chi connectivity index (χ3v) is 4.33. The lowest BCUT2D eigenvalue weighted by atomic mass is 10.1. The Kier molecular flexibility index (Phi) is 6.70. The zero-order valence-corrected chi connectivity index (χ0v) is 17.3. The molecule has 0 spiro atoms. The number of rotatable bonds is 6. The van der Waals surface area contributed by atoms with E-state index in [1.807, 2.05) is 6.07 Å². The summed E-state index contributed by atoms with van der Waals surface area (Å²) in [5.74, 6) is 0.226. The quantitative estimate of drug-likeness (QED) is 0.263. The van der Waals surface area contributed by atoms with Crippen molar-refractivity contribution in [2.45, 2.75) is 6.92 Å². The summed E-state index contributed by atoms with van der Waals surface area (Å²) in [7, 11) is 1.53. The Labute approximate surface area is 182 Å². The molecule has 1 amide bonds. The minimum absolute atomic E-state index is 0.139. The first-order valence-corrected chi connectivity index (χ1v) is 9.29. The summed E-state index contributed by atoms with van der Waals surface area (Å²) < 4.78 is 15.2. The van der Waals surface area contributed by atoms with Crippen LogP contribution in [0.2, 0.25) is 5.02 Å². The highest BCUT2D eigenvalue weighted by Crippen LogP contribution is 2.27. The lowest BCUT2D eigenvalue weighted by Crippen LogP contribution is -2.13. The topological polar surface area (TPSA) is 114 Å². The highest BCUT2D eigenvalue weighted by molar-refractivity contribution is 6.32. The van der Waals surface area contributed by atoms with Gasteiger partial charge < -0.3 is 19.3 Å². The molecule has 31 heavy (non-hydrogen) atoms. The van der Waals surface area contributed by atoms with Gasteiger partial charge in [-0.25, -0.2) is 4.79 Å². The largest absolute Gasteiger partial charge is 0.497 e. The molecule has 0 radical (unpaired) electrons. The van der Waals surface area contributed by atoms with Gasteiger partial charge in [0.25, 0.3) is 5.91 Å². The molecule has 1 aromatic heterocycles. The highest BCUT2D eigenvalue weighted by atomic mass is 35.5. The molecule has 0 aliphatic heterocycles. The Morgan fingerprint density at radius 3 is 2.52 bits per heavy atom. The molecule has 1 heterocycles. The number of nitrogens with zero attached hydrogens (tertiary/aromatic N) is 2. The zero-order chi connectivity index (χ0) is 22.4. The molecule has 0 saturated heterocycles. The van der Waals surface area contributed by atoms with Gasteiger partial charge in [0.15, 0.2) is 5.82 Å². The first-order chi connectivity index (χ1) is 14.9. The van der Waals surface area contributed by atoms with Crippen LogP contribution in [-0.2, 0) is 4.79 Å². The Morgan fingerprint density at radius 2 is 1.94 bits per heavy atom. The first-order valence-electron chi connectivity index (χ1n) is 8.92. The van der Waals surface area contributed by atoms with Gasteiger partial charge in [-0.1, -0.05) is 22.8 Å².